The summed E-state index contributed by atoms with van der Waals surface area (Å²) in [7, 11) is 0. The zero-order valence-electron chi connectivity index (χ0n) is 10.4. The van der Waals surface area contributed by atoms with Crippen LogP contribution in [0.5, 0.6) is 0 Å². The molecule has 1 atom stereocenters. The number of aromatic nitrogens is 1. The first-order valence-corrected chi connectivity index (χ1v) is 7.14. The summed E-state index contributed by atoms with van der Waals surface area (Å²) in [5.41, 5.74) is 1.02. The van der Waals surface area contributed by atoms with Crippen LogP contribution in [-0.2, 0) is 6.54 Å². The number of piperazine rings is 1. The highest BCUT2D eigenvalue weighted by Gasteiger charge is 2.19. The predicted octanol–water partition coefficient (Wildman–Crippen LogP) is 2.20. The third kappa shape index (κ3) is 2.48. The van der Waals surface area contributed by atoms with Crippen molar-refractivity contribution in [3.05, 3.63) is 29.5 Å². The van der Waals surface area contributed by atoms with Crippen LogP contribution in [-0.4, -0.2) is 35.6 Å². The van der Waals surface area contributed by atoms with E-state index in [0.29, 0.717) is 6.04 Å². The molecule has 1 fully saturated rings. The largest absolute Gasteiger partial charge is 0.444 e. The van der Waals surface area contributed by atoms with Gasteiger partial charge in [0.15, 0.2) is 0 Å². The Hall–Kier alpha value is -1.17. The maximum atomic E-state index is 5.54. The molecule has 0 radical (unpaired) electrons. The highest BCUT2D eigenvalue weighted by atomic mass is 32.1. The minimum absolute atomic E-state index is 0.556. The molecule has 96 valence electrons. The van der Waals surface area contributed by atoms with Gasteiger partial charge >= 0.3 is 0 Å². The Morgan fingerprint density at radius 1 is 1.61 bits per heavy atom. The fourth-order valence-electron chi connectivity index (χ4n) is 2.22. The molecule has 0 aliphatic carbocycles. The lowest BCUT2D eigenvalue weighted by atomic mass is 10.2. The van der Waals surface area contributed by atoms with Crippen molar-refractivity contribution in [3.8, 4) is 10.8 Å². The highest BCUT2D eigenvalue weighted by molar-refractivity contribution is 7.13. The topological polar surface area (TPSA) is 41.3 Å². The van der Waals surface area contributed by atoms with Gasteiger partial charge in [0.05, 0.1) is 10.6 Å². The van der Waals surface area contributed by atoms with E-state index in [0.717, 1.165) is 42.6 Å². The lowest BCUT2D eigenvalue weighted by molar-refractivity contribution is 0.163. The fraction of sp³-hybridized carbons (Fsp3) is 0.462. The SMILES string of the molecule is C[C@@H]1CNCCN1Cc1coc(-c2cccs2)n1. The third-order valence-electron chi connectivity index (χ3n) is 3.29. The molecule has 3 rings (SSSR count). The zero-order chi connectivity index (χ0) is 12.4. The molecule has 2 aromatic heterocycles. The van der Waals surface area contributed by atoms with Gasteiger partial charge in [-0.2, -0.15) is 0 Å². The lowest BCUT2D eigenvalue weighted by Gasteiger charge is -2.33. The van der Waals surface area contributed by atoms with Crippen LogP contribution in [0.1, 0.15) is 12.6 Å². The van der Waals surface area contributed by atoms with E-state index in [1.165, 1.54) is 0 Å². The van der Waals surface area contributed by atoms with Crippen molar-refractivity contribution in [2.45, 2.75) is 19.5 Å². The fourth-order valence-corrected chi connectivity index (χ4v) is 2.87. The number of hydrogen-bond donors (Lipinski definition) is 1. The molecule has 2 aromatic rings. The molecule has 0 amide bonds. The van der Waals surface area contributed by atoms with Crippen LogP contribution >= 0.6 is 11.3 Å². The van der Waals surface area contributed by atoms with Crippen molar-refractivity contribution >= 4 is 11.3 Å². The van der Waals surface area contributed by atoms with Crippen LogP contribution < -0.4 is 5.32 Å². The summed E-state index contributed by atoms with van der Waals surface area (Å²) >= 11 is 1.66. The van der Waals surface area contributed by atoms with Gasteiger partial charge in [-0.05, 0) is 18.4 Å². The smallest absolute Gasteiger partial charge is 0.236 e. The number of nitrogens with one attached hydrogen (secondary N) is 1. The average Bonchev–Trinajstić information content (AvgIpc) is 3.02. The molecule has 1 aliphatic rings. The number of nitrogens with zero attached hydrogens (tertiary/aromatic N) is 2. The van der Waals surface area contributed by atoms with Crippen LogP contribution in [0.15, 0.2) is 28.2 Å². The normalized spacial score (nSPS) is 21.3. The monoisotopic (exact) mass is 263 g/mol. The maximum absolute atomic E-state index is 5.54. The Balaban J connectivity index is 1.70. The van der Waals surface area contributed by atoms with Gasteiger partial charge in [0.2, 0.25) is 5.89 Å². The molecule has 5 heteroatoms. The molecule has 0 aromatic carbocycles. The first-order chi connectivity index (χ1) is 8.83. The standard InChI is InChI=1S/C13H17N3OS/c1-10-7-14-4-5-16(10)8-11-9-17-13(15-11)12-3-2-6-18-12/h2-3,6,9-10,14H,4-5,7-8H2,1H3/t10-/m1/s1. The number of hydrogen-bond acceptors (Lipinski definition) is 5. The zero-order valence-corrected chi connectivity index (χ0v) is 11.2. The Kier molecular flexibility index (Phi) is 3.45. The number of thiophene rings is 1. The van der Waals surface area contributed by atoms with Crippen molar-refractivity contribution in [2.24, 2.45) is 0 Å². The summed E-state index contributed by atoms with van der Waals surface area (Å²) in [6.07, 6.45) is 1.78. The second-order valence-electron chi connectivity index (χ2n) is 4.64. The quantitative estimate of drug-likeness (QED) is 0.921. The Morgan fingerprint density at radius 3 is 3.33 bits per heavy atom. The minimum Gasteiger partial charge on any atom is -0.444 e. The predicted molar refractivity (Wildman–Crippen MR) is 72.6 cm³/mol. The number of rotatable bonds is 3. The molecule has 1 saturated heterocycles. The van der Waals surface area contributed by atoms with Crippen molar-refractivity contribution < 1.29 is 4.42 Å². The number of oxazole rings is 1. The Morgan fingerprint density at radius 2 is 2.56 bits per heavy atom. The van der Waals surface area contributed by atoms with Gasteiger partial charge in [0.1, 0.15) is 6.26 Å². The summed E-state index contributed by atoms with van der Waals surface area (Å²) in [5.74, 6) is 0.739. The van der Waals surface area contributed by atoms with Crippen molar-refractivity contribution in [1.29, 1.82) is 0 Å². The first-order valence-electron chi connectivity index (χ1n) is 6.26. The van der Waals surface area contributed by atoms with Gasteiger partial charge in [0.25, 0.3) is 0 Å². The van der Waals surface area contributed by atoms with Crippen LogP contribution in [0.3, 0.4) is 0 Å². The Bertz CT molecular complexity index is 494. The van der Waals surface area contributed by atoms with E-state index in [1.807, 2.05) is 17.5 Å². The Labute approximate surface area is 111 Å². The lowest BCUT2D eigenvalue weighted by Crippen LogP contribution is -2.49. The van der Waals surface area contributed by atoms with E-state index in [2.05, 4.69) is 22.1 Å². The van der Waals surface area contributed by atoms with E-state index >= 15 is 0 Å². The molecule has 3 heterocycles. The van der Waals surface area contributed by atoms with Crippen LogP contribution in [0.2, 0.25) is 0 Å². The molecular formula is C13H17N3OS. The van der Waals surface area contributed by atoms with Gasteiger partial charge in [-0.15, -0.1) is 11.3 Å². The van der Waals surface area contributed by atoms with Crippen molar-refractivity contribution in [1.82, 2.24) is 15.2 Å². The molecule has 0 saturated carbocycles. The molecule has 0 bridgehead atoms. The van der Waals surface area contributed by atoms with Gasteiger partial charge in [-0.3, -0.25) is 4.90 Å². The summed E-state index contributed by atoms with van der Waals surface area (Å²) < 4.78 is 5.54. The van der Waals surface area contributed by atoms with E-state index in [4.69, 9.17) is 4.42 Å². The van der Waals surface area contributed by atoms with E-state index < -0.39 is 0 Å². The summed E-state index contributed by atoms with van der Waals surface area (Å²) in [4.78, 5) is 8.09. The molecule has 18 heavy (non-hydrogen) atoms. The van der Waals surface area contributed by atoms with Crippen LogP contribution in [0, 0.1) is 0 Å². The molecule has 4 nitrogen and oxygen atoms in total. The van der Waals surface area contributed by atoms with E-state index in [9.17, 15) is 0 Å². The van der Waals surface area contributed by atoms with Crippen LogP contribution in [0.4, 0.5) is 0 Å². The summed E-state index contributed by atoms with van der Waals surface area (Å²) in [6, 6.07) is 4.61. The molecule has 0 spiro atoms. The third-order valence-corrected chi connectivity index (χ3v) is 4.15. The molecular weight excluding hydrogens is 246 g/mol. The van der Waals surface area contributed by atoms with Crippen molar-refractivity contribution in [3.63, 3.8) is 0 Å². The second kappa shape index (κ2) is 5.22. The summed E-state index contributed by atoms with van der Waals surface area (Å²) in [6.45, 7) is 6.29. The molecule has 1 N–H and O–H groups in total. The summed E-state index contributed by atoms with van der Waals surface area (Å²) in [5, 5.41) is 5.43. The van der Waals surface area contributed by atoms with Gasteiger partial charge in [0, 0.05) is 32.2 Å². The van der Waals surface area contributed by atoms with Crippen LogP contribution in [0.25, 0.3) is 10.8 Å². The minimum atomic E-state index is 0.556. The van der Waals surface area contributed by atoms with Gasteiger partial charge in [-0.1, -0.05) is 6.07 Å². The van der Waals surface area contributed by atoms with Gasteiger partial charge in [-0.25, -0.2) is 4.98 Å². The van der Waals surface area contributed by atoms with Crippen molar-refractivity contribution in [2.75, 3.05) is 19.6 Å². The average molecular weight is 263 g/mol. The maximum Gasteiger partial charge on any atom is 0.236 e. The van der Waals surface area contributed by atoms with Gasteiger partial charge < -0.3 is 9.73 Å². The molecule has 0 unspecified atom stereocenters. The van der Waals surface area contributed by atoms with E-state index in [-0.39, 0.29) is 0 Å². The first kappa shape index (κ1) is 11.9. The van der Waals surface area contributed by atoms with E-state index in [1.54, 1.807) is 17.6 Å². The molecule has 1 aliphatic heterocycles. The second-order valence-corrected chi connectivity index (χ2v) is 5.59. The highest BCUT2D eigenvalue weighted by Crippen LogP contribution is 2.24.